The number of unbranched alkanes of at least 4 members (excludes halogenated alkanes) is 2. The zero-order chi connectivity index (χ0) is 38.6. The average molecular weight is 758 g/mol. The summed E-state index contributed by atoms with van der Waals surface area (Å²) >= 11 is 0. The Labute approximate surface area is 326 Å². The van der Waals surface area contributed by atoms with E-state index < -0.39 is 23.8 Å². The van der Waals surface area contributed by atoms with Gasteiger partial charge in [-0.2, -0.15) is 0 Å². The maximum absolute atomic E-state index is 13.8. The molecule has 1 saturated carbocycles. The van der Waals surface area contributed by atoms with Crippen molar-refractivity contribution in [2.75, 3.05) is 59.7 Å². The van der Waals surface area contributed by atoms with Crippen molar-refractivity contribution in [2.45, 2.75) is 75.7 Å². The van der Waals surface area contributed by atoms with Crippen LogP contribution in [0.4, 0.5) is 4.79 Å². The number of aliphatic hydroxyl groups excluding tert-OH is 2. The van der Waals surface area contributed by atoms with E-state index >= 15 is 0 Å². The van der Waals surface area contributed by atoms with Gasteiger partial charge in [0.05, 0.1) is 24.8 Å². The van der Waals surface area contributed by atoms with E-state index in [4.69, 9.17) is 28.9 Å². The van der Waals surface area contributed by atoms with Gasteiger partial charge in [0, 0.05) is 57.8 Å². The molecular weight excluding hydrogens is 698 g/mol. The molecule has 11 heteroatoms. The highest BCUT2D eigenvalue weighted by Crippen LogP contribution is 2.61. The van der Waals surface area contributed by atoms with Crippen molar-refractivity contribution in [2.24, 2.45) is 22.9 Å². The molecule has 1 amide bonds. The highest BCUT2D eigenvalue weighted by Gasteiger charge is 2.65. The molecular formula is C44H59N3O8. The van der Waals surface area contributed by atoms with E-state index in [1.165, 1.54) is 0 Å². The van der Waals surface area contributed by atoms with Crippen LogP contribution in [0, 0.1) is 17.8 Å². The van der Waals surface area contributed by atoms with Crippen LogP contribution >= 0.6 is 0 Å². The summed E-state index contributed by atoms with van der Waals surface area (Å²) in [6, 6.07) is 15.3. The Bertz CT molecular complexity index is 1640. The Morgan fingerprint density at radius 1 is 1.04 bits per heavy atom. The first-order valence-corrected chi connectivity index (χ1v) is 20.0. The van der Waals surface area contributed by atoms with Crippen molar-refractivity contribution in [1.29, 1.82) is 0 Å². The Kier molecular flexibility index (Phi) is 14.4. The number of benzene rings is 2. The van der Waals surface area contributed by atoms with Crippen molar-refractivity contribution in [3.8, 4) is 11.5 Å². The molecule has 2 heterocycles. The van der Waals surface area contributed by atoms with E-state index in [1.807, 2.05) is 42.5 Å². The first-order chi connectivity index (χ1) is 26.9. The zero-order valence-corrected chi connectivity index (χ0v) is 32.4. The maximum atomic E-state index is 13.8. The second-order valence-corrected chi connectivity index (χ2v) is 15.0. The number of likely N-dealkylation sites (N-methyl/N-ethyl adjacent to an activating group) is 1. The van der Waals surface area contributed by atoms with E-state index in [2.05, 4.69) is 30.2 Å². The molecule has 2 aliphatic carbocycles. The lowest BCUT2D eigenvalue weighted by Gasteiger charge is -2.59. The van der Waals surface area contributed by atoms with Crippen molar-refractivity contribution in [3.05, 3.63) is 96.6 Å². The van der Waals surface area contributed by atoms with Crippen LogP contribution in [-0.2, 0) is 20.9 Å². The summed E-state index contributed by atoms with van der Waals surface area (Å²) in [4.78, 5) is 23.9. The van der Waals surface area contributed by atoms with Gasteiger partial charge in [0.2, 0.25) is 5.79 Å². The van der Waals surface area contributed by atoms with Crippen molar-refractivity contribution in [3.63, 3.8) is 0 Å². The second kappa shape index (κ2) is 19.6. The van der Waals surface area contributed by atoms with E-state index in [1.54, 1.807) is 24.1 Å². The molecule has 4 aliphatic rings. The van der Waals surface area contributed by atoms with Crippen LogP contribution < -0.4 is 9.47 Å². The molecule has 0 unspecified atom stereocenters. The van der Waals surface area contributed by atoms with Gasteiger partial charge in [-0.25, -0.2) is 4.79 Å². The SMILES string of the molecule is C=CCCOC(=O)N(C)[C@H]1CC(=NOCc2ccccc2)C2=C[C@H](CCCCO)[C@@H](CCCCO)[C@@H]3c4cc(OCCN5CC5)ccc4O[C@@]1(OCC=C)[C@H]23. The Morgan fingerprint density at radius 2 is 1.82 bits per heavy atom. The monoisotopic (exact) mass is 757 g/mol. The van der Waals surface area contributed by atoms with E-state index in [0.717, 1.165) is 73.5 Å². The summed E-state index contributed by atoms with van der Waals surface area (Å²) in [6.45, 7) is 12.4. The van der Waals surface area contributed by atoms with Crippen LogP contribution in [0.25, 0.3) is 0 Å². The number of fused-ring (bicyclic) bond motifs is 2. The van der Waals surface area contributed by atoms with Gasteiger partial charge >= 0.3 is 6.09 Å². The molecule has 11 nitrogen and oxygen atoms in total. The molecule has 6 rings (SSSR count). The molecule has 0 spiro atoms. The number of hydrogen-bond acceptors (Lipinski definition) is 10. The third kappa shape index (κ3) is 9.63. The predicted molar refractivity (Wildman–Crippen MR) is 212 cm³/mol. The summed E-state index contributed by atoms with van der Waals surface area (Å²) in [7, 11) is 1.73. The van der Waals surface area contributed by atoms with Crippen LogP contribution in [0.2, 0.25) is 0 Å². The second-order valence-electron chi connectivity index (χ2n) is 15.0. The Morgan fingerprint density at radius 3 is 2.55 bits per heavy atom. The number of hydrogen-bond donors (Lipinski definition) is 2. The molecule has 2 N–H and O–H groups in total. The summed E-state index contributed by atoms with van der Waals surface area (Å²) in [6.07, 6.45) is 10.9. The molecule has 2 aliphatic heterocycles. The number of oxime groups is 1. The molecule has 0 bridgehead atoms. The molecule has 0 radical (unpaired) electrons. The molecule has 2 aromatic rings. The fraction of sp³-hybridized carbons (Fsp3) is 0.545. The average Bonchev–Trinajstić information content (AvgIpc) is 4.03. The highest BCUT2D eigenvalue weighted by molar-refractivity contribution is 6.02. The van der Waals surface area contributed by atoms with Crippen molar-refractivity contribution >= 4 is 11.8 Å². The third-order valence-corrected chi connectivity index (χ3v) is 11.4. The van der Waals surface area contributed by atoms with Crippen LogP contribution in [0.1, 0.15) is 68.4 Å². The molecule has 298 valence electrons. The fourth-order valence-electron chi connectivity index (χ4n) is 8.62. The Hall–Kier alpha value is -4.16. The number of allylic oxidation sites excluding steroid dienone is 1. The van der Waals surface area contributed by atoms with Crippen LogP contribution in [0.3, 0.4) is 0 Å². The lowest BCUT2D eigenvalue weighted by molar-refractivity contribution is -0.253. The number of carbonyl (C=O) groups is 1. The largest absolute Gasteiger partial charge is 0.492 e. The molecule has 2 aromatic carbocycles. The van der Waals surface area contributed by atoms with Gasteiger partial charge < -0.3 is 38.9 Å². The van der Waals surface area contributed by atoms with E-state index in [0.29, 0.717) is 38.0 Å². The zero-order valence-electron chi connectivity index (χ0n) is 32.4. The number of amides is 1. The topological polar surface area (TPSA) is 122 Å². The number of carbonyl (C=O) groups excluding carboxylic acids is 1. The predicted octanol–water partition coefficient (Wildman–Crippen LogP) is 6.86. The van der Waals surface area contributed by atoms with Gasteiger partial charge in [-0.05, 0) is 73.3 Å². The highest BCUT2D eigenvalue weighted by atomic mass is 16.7. The number of nitrogens with zero attached hydrogens (tertiary/aromatic N) is 3. The number of rotatable bonds is 22. The quantitative estimate of drug-likeness (QED) is 0.0575. The molecule has 55 heavy (non-hydrogen) atoms. The number of ether oxygens (including phenoxy) is 4. The first-order valence-electron chi connectivity index (χ1n) is 20.0. The van der Waals surface area contributed by atoms with Gasteiger partial charge in [0.1, 0.15) is 30.8 Å². The summed E-state index contributed by atoms with van der Waals surface area (Å²) in [5, 5.41) is 24.5. The fourth-order valence-corrected chi connectivity index (χ4v) is 8.62. The lowest BCUT2D eigenvalue weighted by Crippen LogP contribution is -2.69. The molecule has 1 saturated heterocycles. The molecule has 2 fully saturated rings. The summed E-state index contributed by atoms with van der Waals surface area (Å²) < 4.78 is 26.2. The van der Waals surface area contributed by atoms with E-state index in [-0.39, 0.29) is 50.8 Å². The minimum Gasteiger partial charge on any atom is -0.492 e. The number of aliphatic hydroxyl groups is 2. The van der Waals surface area contributed by atoms with Crippen molar-refractivity contribution in [1.82, 2.24) is 9.80 Å². The molecule has 6 atom stereocenters. The minimum absolute atomic E-state index is 0.120. The Balaban J connectivity index is 1.50. The smallest absolute Gasteiger partial charge is 0.409 e. The van der Waals surface area contributed by atoms with Gasteiger partial charge in [-0.15, -0.1) is 13.2 Å². The maximum Gasteiger partial charge on any atom is 0.409 e. The summed E-state index contributed by atoms with van der Waals surface area (Å²) in [5.41, 5.74) is 3.74. The van der Waals surface area contributed by atoms with Gasteiger partial charge in [-0.1, -0.05) is 66.6 Å². The van der Waals surface area contributed by atoms with Gasteiger partial charge in [-0.3, -0.25) is 4.90 Å². The summed E-state index contributed by atoms with van der Waals surface area (Å²) in [5.74, 6) is -0.150. The standard InChI is InChI=1S/C44H59N3O8/c1-4-6-26-52-43(50)46(3)40-30-38(45-54-31-32-14-8-7-9-15-32)36-28-33(16-10-12-23-48)35(17-11-13-24-49)41-37-29-34(51-27-22-47-20-21-47)18-19-39(37)55-44(40,42(36)41)53-25-5-2/h4-5,7-9,14-15,18-19,28-29,33,35,40-42,48-49H,1-2,6,10-13,16-17,20-27,30-31H2,3H3/t33-,35+,40-,41+,42+,44+/m0/s1. The van der Waals surface area contributed by atoms with Crippen LogP contribution in [0.5, 0.6) is 11.5 Å². The first kappa shape index (κ1) is 40.5. The van der Waals surface area contributed by atoms with Crippen LogP contribution in [-0.4, -0.2) is 103 Å². The van der Waals surface area contributed by atoms with Gasteiger partial charge in [0.25, 0.3) is 0 Å². The third-order valence-electron chi connectivity index (χ3n) is 11.4. The lowest BCUT2D eigenvalue weighted by atomic mass is 9.55. The molecule has 0 aromatic heterocycles. The van der Waals surface area contributed by atoms with Crippen LogP contribution in [0.15, 0.2) is 90.6 Å². The van der Waals surface area contributed by atoms with Gasteiger partial charge in [0.15, 0.2) is 0 Å². The minimum atomic E-state index is -1.34. The normalized spacial score (nSPS) is 25.8. The van der Waals surface area contributed by atoms with Crippen molar-refractivity contribution < 1.29 is 38.8 Å². The van der Waals surface area contributed by atoms with E-state index in [9.17, 15) is 15.0 Å².